The highest BCUT2D eigenvalue weighted by molar-refractivity contribution is 6.09. The third-order valence-corrected chi connectivity index (χ3v) is 5.62. The molecule has 2 aliphatic heterocycles. The van der Waals surface area contributed by atoms with Crippen molar-refractivity contribution in [1.82, 2.24) is 20.4 Å². The number of nitrogens with zero attached hydrogens (tertiary/aromatic N) is 2. The van der Waals surface area contributed by atoms with Crippen LogP contribution in [0.15, 0.2) is 0 Å². The molecule has 0 aromatic heterocycles. The highest BCUT2D eigenvalue weighted by Crippen LogP contribution is 2.38. The number of imide groups is 1. The molecule has 1 saturated carbocycles. The van der Waals surface area contributed by atoms with Crippen LogP contribution in [0.4, 0.5) is 4.79 Å². The van der Waals surface area contributed by atoms with Crippen LogP contribution in [0, 0.1) is 5.92 Å². The van der Waals surface area contributed by atoms with Crippen molar-refractivity contribution in [2.45, 2.75) is 51.1 Å². The molecule has 0 aromatic carbocycles. The van der Waals surface area contributed by atoms with Crippen molar-refractivity contribution < 1.29 is 14.4 Å². The lowest BCUT2D eigenvalue weighted by molar-refractivity contribution is -0.142. The quantitative estimate of drug-likeness (QED) is 0.713. The second-order valence-corrected chi connectivity index (χ2v) is 7.08. The van der Waals surface area contributed by atoms with Gasteiger partial charge in [-0.1, -0.05) is 19.8 Å². The first-order valence-electron chi connectivity index (χ1n) is 8.60. The van der Waals surface area contributed by atoms with E-state index in [1.165, 1.54) is 0 Å². The van der Waals surface area contributed by atoms with E-state index in [-0.39, 0.29) is 42.7 Å². The maximum atomic E-state index is 12.9. The van der Waals surface area contributed by atoms with Gasteiger partial charge in [-0.3, -0.25) is 14.5 Å². The largest absolute Gasteiger partial charge is 0.336 e. The Morgan fingerprint density at radius 2 is 2.04 bits per heavy atom. The summed E-state index contributed by atoms with van der Waals surface area (Å²) >= 11 is 0. The highest BCUT2D eigenvalue weighted by Gasteiger charge is 2.55. The maximum Gasteiger partial charge on any atom is 0.325 e. The average molecular weight is 359 g/mol. The maximum absolute atomic E-state index is 12.9. The number of nitrogens with one attached hydrogen (secondary N) is 2. The first-order chi connectivity index (χ1) is 11.0. The molecule has 0 aromatic rings. The lowest BCUT2D eigenvalue weighted by Crippen LogP contribution is -2.56. The van der Waals surface area contributed by atoms with Crippen LogP contribution in [-0.2, 0) is 9.59 Å². The fourth-order valence-electron chi connectivity index (χ4n) is 4.08. The molecule has 7 nitrogen and oxygen atoms in total. The van der Waals surface area contributed by atoms with Gasteiger partial charge in [0.2, 0.25) is 5.91 Å². The predicted molar refractivity (Wildman–Crippen MR) is 91.9 cm³/mol. The summed E-state index contributed by atoms with van der Waals surface area (Å²) in [7, 11) is 0. The number of carbonyl (C=O) groups is 3. The molecule has 2 saturated heterocycles. The summed E-state index contributed by atoms with van der Waals surface area (Å²) < 4.78 is 0. The van der Waals surface area contributed by atoms with Gasteiger partial charge in [0.1, 0.15) is 12.1 Å². The molecule has 0 radical (unpaired) electrons. The van der Waals surface area contributed by atoms with E-state index in [2.05, 4.69) is 10.6 Å². The van der Waals surface area contributed by atoms with Crippen LogP contribution in [0.1, 0.15) is 39.5 Å². The molecule has 2 heterocycles. The van der Waals surface area contributed by atoms with E-state index in [4.69, 9.17) is 0 Å². The Kier molecular flexibility index (Phi) is 5.75. The zero-order chi connectivity index (χ0) is 16.6. The zero-order valence-electron chi connectivity index (χ0n) is 14.3. The van der Waals surface area contributed by atoms with E-state index >= 15 is 0 Å². The van der Waals surface area contributed by atoms with Crippen LogP contribution in [0.25, 0.3) is 0 Å². The molecule has 3 aliphatic rings. The summed E-state index contributed by atoms with van der Waals surface area (Å²) in [6, 6.07) is -0.334. The normalized spacial score (nSPS) is 33.4. The molecular weight excluding hydrogens is 332 g/mol. The average Bonchev–Trinajstić information content (AvgIpc) is 2.76. The number of hydrogen-bond acceptors (Lipinski definition) is 4. The van der Waals surface area contributed by atoms with Crippen LogP contribution in [0.2, 0.25) is 0 Å². The van der Waals surface area contributed by atoms with Gasteiger partial charge < -0.3 is 15.5 Å². The standard InChI is InChI=1S/C16H26N4O3.ClH/c1-11-5-3-4-6-16(11)14(22)20(15(23)18-16)10-13(21)19-8-7-17-9-12(19)2;/h11-12,17H,3-10H2,1-2H3,(H,18,23);1H/t11?,12-,16?;/m0./s1. The molecule has 24 heavy (non-hydrogen) atoms. The molecule has 2 unspecified atom stereocenters. The number of hydrogen-bond donors (Lipinski definition) is 2. The monoisotopic (exact) mass is 358 g/mol. The topological polar surface area (TPSA) is 81.8 Å². The molecule has 8 heteroatoms. The third-order valence-electron chi connectivity index (χ3n) is 5.62. The minimum atomic E-state index is -0.787. The third kappa shape index (κ3) is 3.11. The summed E-state index contributed by atoms with van der Waals surface area (Å²) in [6.07, 6.45) is 3.63. The van der Waals surface area contributed by atoms with Crippen molar-refractivity contribution in [2.75, 3.05) is 26.2 Å². The smallest absolute Gasteiger partial charge is 0.325 e. The Bertz CT molecular complexity index is 529. The SMILES string of the molecule is CC1CCCCC12NC(=O)N(CC(=O)N1CCNC[C@@H]1C)C2=O.Cl. The van der Waals surface area contributed by atoms with Crippen LogP contribution in [0.5, 0.6) is 0 Å². The van der Waals surface area contributed by atoms with Gasteiger partial charge in [-0.25, -0.2) is 4.79 Å². The first-order valence-corrected chi connectivity index (χ1v) is 8.60. The van der Waals surface area contributed by atoms with Gasteiger partial charge in [0.15, 0.2) is 0 Å². The second kappa shape index (κ2) is 7.27. The molecule has 1 spiro atoms. The summed E-state index contributed by atoms with van der Waals surface area (Å²) in [4.78, 5) is 40.6. The van der Waals surface area contributed by atoms with Gasteiger partial charge in [0.25, 0.3) is 5.91 Å². The van der Waals surface area contributed by atoms with Crippen molar-refractivity contribution in [3.05, 3.63) is 0 Å². The van der Waals surface area contributed by atoms with Gasteiger partial charge in [0.05, 0.1) is 0 Å². The van der Waals surface area contributed by atoms with Crippen molar-refractivity contribution in [1.29, 1.82) is 0 Å². The number of rotatable bonds is 2. The van der Waals surface area contributed by atoms with E-state index in [0.717, 1.165) is 37.3 Å². The second-order valence-electron chi connectivity index (χ2n) is 7.08. The van der Waals surface area contributed by atoms with E-state index in [1.807, 2.05) is 13.8 Å². The molecule has 1 aliphatic carbocycles. The van der Waals surface area contributed by atoms with Gasteiger partial charge in [0, 0.05) is 25.7 Å². The van der Waals surface area contributed by atoms with Crippen molar-refractivity contribution >= 4 is 30.3 Å². The van der Waals surface area contributed by atoms with E-state index in [9.17, 15) is 14.4 Å². The Morgan fingerprint density at radius 1 is 1.29 bits per heavy atom. The van der Waals surface area contributed by atoms with Crippen LogP contribution >= 0.6 is 12.4 Å². The first kappa shape index (κ1) is 19.0. The lowest BCUT2D eigenvalue weighted by atomic mass is 9.73. The molecule has 0 bridgehead atoms. The van der Waals surface area contributed by atoms with E-state index in [1.54, 1.807) is 4.90 Å². The number of urea groups is 1. The van der Waals surface area contributed by atoms with Crippen LogP contribution in [0.3, 0.4) is 0 Å². The fourth-order valence-corrected chi connectivity index (χ4v) is 4.08. The number of carbonyl (C=O) groups excluding carboxylic acids is 3. The molecule has 4 amide bonds. The molecule has 3 atom stereocenters. The van der Waals surface area contributed by atoms with Crippen LogP contribution in [-0.4, -0.2) is 65.4 Å². The minimum absolute atomic E-state index is 0. The Morgan fingerprint density at radius 3 is 2.71 bits per heavy atom. The molecule has 3 rings (SSSR count). The van der Waals surface area contributed by atoms with Crippen molar-refractivity contribution in [2.24, 2.45) is 5.92 Å². The molecular formula is C16H27ClN4O3. The Labute approximate surface area is 148 Å². The minimum Gasteiger partial charge on any atom is -0.336 e. The summed E-state index contributed by atoms with van der Waals surface area (Å²) in [5.41, 5.74) is -0.787. The molecule has 2 N–H and O–H groups in total. The Balaban J connectivity index is 0.00000208. The van der Waals surface area contributed by atoms with Gasteiger partial charge in [-0.05, 0) is 25.7 Å². The summed E-state index contributed by atoms with van der Waals surface area (Å²) in [6.45, 7) is 5.94. The highest BCUT2D eigenvalue weighted by atomic mass is 35.5. The zero-order valence-corrected chi connectivity index (χ0v) is 15.2. The van der Waals surface area contributed by atoms with Crippen LogP contribution < -0.4 is 10.6 Å². The van der Waals surface area contributed by atoms with Crippen molar-refractivity contribution in [3.63, 3.8) is 0 Å². The molecule has 136 valence electrons. The van der Waals surface area contributed by atoms with E-state index < -0.39 is 11.6 Å². The lowest BCUT2D eigenvalue weighted by Gasteiger charge is -2.37. The Hall–Kier alpha value is -1.34. The van der Waals surface area contributed by atoms with Crippen molar-refractivity contribution in [3.8, 4) is 0 Å². The van der Waals surface area contributed by atoms with E-state index in [0.29, 0.717) is 13.0 Å². The number of halogens is 1. The predicted octanol–water partition coefficient (Wildman–Crippen LogP) is 0.729. The summed E-state index contributed by atoms with van der Waals surface area (Å²) in [5.74, 6) is -0.250. The fraction of sp³-hybridized carbons (Fsp3) is 0.812. The summed E-state index contributed by atoms with van der Waals surface area (Å²) in [5, 5.41) is 6.12. The number of amides is 4. The molecule has 3 fully saturated rings. The number of piperazine rings is 1. The van der Waals surface area contributed by atoms with Gasteiger partial charge >= 0.3 is 6.03 Å². The van der Waals surface area contributed by atoms with Gasteiger partial charge in [-0.2, -0.15) is 0 Å². The van der Waals surface area contributed by atoms with Gasteiger partial charge in [-0.15, -0.1) is 12.4 Å².